The number of nitrogens with one attached hydrogen (secondary N) is 2. The number of aliphatic hydroxyl groups is 1. The number of hydrogen-bond acceptors (Lipinski definition) is 2. The van der Waals surface area contributed by atoms with E-state index in [-0.39, 0.29) is 11.5 Å². The molecule has 23 heavy (non-hydrogen) atoms. The number of nitrogens with zero attached hydrogens (tertiary/aromatic N) is 1. The minimum atomic E-state index is -0.165. The zero-order valence-electron chi connectivity index (χ0n) is 13.7. The van der Waals surface area contributed by atoms with Crippen molar-refractivity contribution in [1.82, 2.24) is 10.6 Å². The van der Waals surface area contributed by atoms with Crippen LogP contribution in [0.4, 0.5) is 0 Å². The summed E-state index contributed by atoms with van der Waals surface area (Å²) < 4.78 is 0. The van der Waals surface area contributed by atoms with E-state index >= 15 is 0 Å². The highest BCUT2D eigenvalue weighted by Crippen LogP contribution is 2.48. The Morgan fingerprint density at radius 1 is 1.35 bits per heavy atom. The van der Waals surface area contributed by atoms with Crippen molar-refractivity contribution in [2.45, 2.75) is 43.6 Å². The van der Waals surface area contributed by atoms with Crippen LogP contribution in [0.3, 0.4) is 0 Å². The minimum absolute atomic E-state index is 0.165. The summed E-state index contributed by atoms with van der Waals surface area (Å²) in [6, 6.07) is 8.17. The van der Waals surface area contributed by atoms with E-state index in [1.165, 1.54) is 18.4 Å². The maximum Gasteiger partial charge on any atom is 0.191 e. The first-order valence-corrected chi connectivity index (χ1v) is 8.89. The van der Waals surface area contributed by atoms with Gasteiger partial charge in [0.15, 0.2) is 5.96 Å². The Labute approximate surface area is 143 Å². The van der Waals surface area contributed by atoms with Crippen LogP contribution in [0.5, 0.6) is 0 Å². The van der Waals surface area contributed by atoms with Gasteiger partial charge in [-0.15, -0.1) is 0 Å². The van der Waals surface area contributed by atoms with Crippen LogP contribution in [-0.2, 0) is 5.41 Å². The largest absolute Gasteiger partial charge is 0.393 e. The first kappa shape index (κ1) is 16.6. The molecule has 0 amide bonds. The summed E-state index contributed by atoms with van der Waals surface area (Å²) in [5.41, 5.74) is 1.49. The summed E-state index contributed by atoms with van der Waals surface area (Å²) >= 11 is 6.12. The molecule has 0 spiro atoms. The molecule has 2 atom stereocenters. The average Bonchev–Trinajstić information content (AvgIpc) is 3.24. The van der Waals surface area contributed by atoms with Gasteiger partial charge in [0.2, 0.25) is 0 Å². The highest BCUT2D eigenvalue weighted by Gasteiger charge is 2.44. The minimum Gasteiger partial charge on any atom is -0.393 e. The topological polar surface area (TPSA) is 56.7 Å². The summed E-state index contributed by atoms with van der Waals surface area (Å²) in [6.07, 6.45) is 5.34. The van der Waals surface area contributed by atoms with E-state index in [1.807, 2.05) is 12.1 Å². The van der Waals surface area contributed by atoms with Crippen LogP contribution in [0.1, 0.15) is 37.7 Å². The molecule has 1 aromatic carbocycles. The molecule has 3 rings (SSSR count). The Kier molecular flexibility index (Phi) is 5.12. The summed E-state index contributed by atoms with van der Waals surface area (Å²) in [4.78, 5) is 4.30. The average molecular weight is 336 g/mol. The van der Waals surface area contributed by atoms with E-state index in [2.05, 4.69) is 27.8 Å². The molecule has 3 N–H and O–H groups in total. The Balaban J connectivity index is 1.52. The molecule has 0 bridgehead atoms. The fourth-order valence-electron chi connectivity index (χ4n) is 3.49. The Morgan fingerprint density at radius 2 is 2.17 bits per heavy atom. The van der Waals surface area contributed by atoms with Crippen LogP contribution >= 0.6 is 11.6 Å². The number of hydrogen-bond donors (Lipinski definition) is 3. The number of rotatable bonds is 5. The third-order valence-corrected chi connectivity index (χ3v) is 5.49. The van der Waals surface area contributed by atoms with Crippen LogP contribution < -0.4 is 10.6 Å². The molecule has 2 fully saturated rings. The molecule has 1 aromatic rings. The Bertz CT molecular complexity index is 571. The molecule has 5 heteroatoms. The Hall–Kier alpha value is -1.26. The van der Waals surface area contributed by atoms with E-state index in [0.29, 0.717) is 5.92 Å². The standard InChI is InChI=1S/C18H26ClN3O/c1-20-17(21-11-13-4-2-7-16(13)23)22-12-18(8-9-18)14-5-3-6-15(19)10-14/h3,5-6,10,13,16,23H,2,4,7-9,11-12H2,1H3,(H2,20,21,22). The first-order valence-electron chi connectivity index (χ1n) is 8.52. The van der Waals surface area contributed by atoms with Crippen LogP contribution in [0.2, 0.25) is 5.02 Å². The second kappa shape index (κ2) is 7.10. The van der Waals surface area contributed by atoms with Crippen molar-refractivity contribution < 1.29 is 5.11 Å². The molecule has 2 saturated carbocycles. The van der Waals surface area contributed by atoms with Gasteiger partial charge in [0.1, 0.15) is 0 Å². The second-order valence-electron chi connectivity index (χ2n) is 6.86. The fourth-order valence-corrected chi connectivity index (χ4v) is 3.68. The molecular formula is C18H26ClN3O. The van der Waals surface area contributed by atoms with Crippen molar-refractivity contribution in [3.05, 3.63) is 34.9 Å². The third kappa shape index (κ3) is 3.99. The molecule has 0 radical (unpaired) electrons. The van der Waals surface area contributed by atoms with E-state index < -0.39 is 0 Å². The van der Waals surface area contributed by atoms with Crippen molar-refractivity contribution in [2.75, 3.05) is 20.1 Å². The monoisotopic (exact) mass is 335 g/mol. The maximum absolute atomic E-state index is 9.91. The lowest BCUT2D eigenvalue weighted by Gasteiger charge is -2.21. The van der Waals surface area contributed by atoms with E-state index in [4.69, 9.17) is 11.6 Å². The molecular weight excluding hydrogens is 310 g/mol. The zero-order chi connectivity index (χ0) is 16.3. The van der Waals surface area contributed by atoms with Gasteiger partial charge in [0.25, 0.3) is 0 Å². The van der Waals surface area contributed by atoms with Crippen molar-refractivity contribution in [3.8, 4) is 0 Å². The predicted molar refractivity (Wildman–Crippen MR) is 95.1 cm³/mol. The predicted octanol–water partition coefficient (Wildman–Crippen LogP) is 2.70. The van der Waals surface area contributed by atoms with Crippen LogP contribution in [0.15, 0.2) is 29.3 Å². The number of aliphatic hydroxyl groups excluding tert-OH is 1. The lowest BCUT2D eigenvalue weighted by atomic mass is 9.96. The molecule has 4 nitrogen and oxygen atoms in total. The highest BCUT2D eigenvalue weighted by atomic mass is 35.5. The van der Waals surface area contributed by atoms with Crippen LogP contribution in [0, 0.1) is 5.92 Å². The van der Waals surface area contributed by atoms with Gasteiger partial charge in [-0.2, -0.15) is 0 Å². The van der Waals surface area contributed by atoms with Crippen molar-refractivity contribution in [2.24, 2.45) is 10.9 Å². The van der Waals surface area contributed by atoms with Crippen molar-refractivity contribution in [1.29, 1.82) is 0 Å². The number of guanidine groups is 1. The van der Waals surface area contributed by atoms with Gasteiger partial charge < -0.3 is 15.7 Å². The normalized spacial score (nSPS) is 26.1. The van der Waals surface area contributed by atoms with Crippen molar-refractivity contribution >= 4 is 17.6 Å². The summed E-state index contributed by atoms with van der Waals surface area (Å²) in [5, 5.41) is 17.5. The molecule has 0 aromatic heterocycles. The second-order valence-corrected chi connectivity index (χ2v) is 7.29. The molecule has 0 heterocycles. The molecule has 2 unspecified atom stereocenters. The zero-order valence-corrected chi connectivity index (χ0v) is 14.4. The maximum atomic E-state index is 9.91. The SMILES string of the molecule is CN=C(NCC1CCCC1O)NCC1(c2cccc(Cl)c2)CC1. The Morgan fingerprint density at radius 3 is 2.78 bits per heavy atom. The fraction of sp³-hybridized carbons (Fsp3) is 0.611. The molecule has 0 saturated heterocycles. The smallest absolute Gasteiger partial charge is 0.191 e. The van der Waals surface area contributed by atoms with Gasteiger partial charge in [-0.1, -0.05) is 30.2 Å². The first-order chi connectivity index (χ1) is 11.1. The van der Waals surface area contributed by atoms with Gasteiger partial charge in [-0.25, -0.2) is 0 Å². The van der Waals surface area contributed by atoms with Gasteiger partial charge in [0, 0.05) is 36.5 Å². The summed E-state index contributed by atoms with van der Waals surface area (Å²) in [6.45, 7) is 1.64. The molecule has 2 aliphatic rings. The lowest BCUT2D eigenvalue weighted by Crippen LogP contribution is -2.43. The molecule has 0 aliphatic heterocycles. The van der Waals surface area contributed by atoms with Crippen LogP contribution in [-0.4, -0.2) is 37.3 Å². The highest BCUT2D eigenvalue weighted by molar-refractivity contribution is 6.30. The van der Waals surface area contributed by atoms with E-state index in [1.54, 1.807) is 7.05 Å². The lowest BCUT2D eigenvalue weighted by molar-refractivity contribution is 0.134. The summed E-state index contributed by atoms with van der Waals surface area (Å²) in [5.74, 6) is 1.16. The summed E-state index contributed by atoms with van der Waals surface area (Å²) in [7, 11) is 1.79. The third-order valence-electron chi connectivity index (χ3n) is 5.26. The van der Waals surface area contributed by atoms with Gasteiger partial charge >= 0.3 is 0 Å². The van der Waals surface area contributed by atoms with Gasteiger partial charge in [-0.05, 0) is 43.4 Å². The quantitative estimate of drug-likeness (QED) is 0.573. The number of benzene rings is 1. The molecule has 126 valence electrons. The van der Waals surface area contributed by atoms with Crippen LogP contribution in [0.25, 0.3) is 0 Å². The number of halogens is 1. The van der Waals surface area contributed by atoms with Gasteiger partial charge in [0.05, 0.1) is 6.10 Å². The van der Waals surface area contributed by atoms with E-state index in [0.717, 1.165) is 43.3 Å². The number of aliphatic imine (C=N–C) groups is 1. The van der Waals surface area contributed by atoms with Gasteiger partial charge in [-0.3, -0.25) is 4.99 Å². The van der Waals surface area contributed by atoms with Crippen molar-refractivity contribution in [3.63, 3.8) is 0 Å². The van der Waals surface area contributed by atoms with E-state index in [9.17, 15) is 5.11 Å². The molecule has 2 aliphatic carbocycles.